The van der Waals surface area contributed by atoms with Crippen molar-refractivity contribution in [1.82, 2.24) is 10.2 Å². The number of carbonyl (C=O) groups is 1. The highest BCUT2D eigenvalue weighted by Gasteiger charge is 2.06. The molecule has 0 fully saturated rings. The Bertz CT molecular complexity index is 687. The zero-order valence-electron chi connectivity index (χ0n) is 12.9. The van der Waals surface area contributed by atoms with Crippen molar-refractivity contribution in [3.05, 3.63) is 51.8 Å². The van der Waals surface area contributed by atoms with Crippen LogP contribution in [0.4, 0.5) is 0 Å². The Morgan fingerprint density at radius 3 is 2.73 bits per heavy atom. The minimum Gasteiger partial charge on any atom is -0.466 e. The number of aromatic nitrogens is 2. The fourth-order valence-corrected chi connectivity index (χ4v) is 2.30. The summed E-state index contributed by atoms with van der Waals surface area (Å²) < 4.78 is 4.92. The normalized spacial score (nSPS) is 10.5. The van der Waals surface area contributed by atoms with Gasteiger partial charge in [0.2, 0.25) is 0 Å². The maximum Gasteiger partial charge on any atom is 0.305 e. The van der Waals surface area contributed by atoms with Crippen molar-refractivity contribution in [2.45, 2.75) is 33.1 Å². The zero-order valence-corrected chi connectivity index (χ0v) is 12.9. The van der Waals surface area contributed by atoms with Gasteiger partial charge in [0.05, 0.1) is 12.3 Å². The maximum absolute atomic E-state index is 11.3. The second kappa shape index (κ2) is 7.54. The number of rotatable bonds is 6. The minimum absolute atomic E-state index is 0.144. The van der Waals surface area contributed by atoms with Crippen molar-refractivity contribution in [3.8, 4) is 11.3 Å². The molecule has 1 aromatic carbocycles. The molecule has 2 aromatic rings. The van der Waals surface area contributed by atoms with Crippen LogP contribution in [0.15, 0.2) is 35.1 Å². The molecule has 0 aliphatic heterocycles. The van der Waals surface area contributed by atoms with Gasteiger partial charge in [-0.1, -0.05) is 12.1 Å². The third kappa shape index (κ3) is 4.28. The molecular formula is C17H20N2O3. The lowest BCUT2D eigenvalue weighted by atomic mass is 9.99. The summed E-state index contributed by atoms with van der Waals surface area (Å²) in [5.74, 6) is -0.144. The Morgan fingerprint density at radius 2 is 2.09 bits per heavy atom. The van der Waals surface area contributed by atoms with E-state index < -0.39 is 0 Å². The fraction of sp³-hybridized carbons (Fsp3) is 0.353. The van der Waals surface area contributed by atoms with Crippen LogP contribution in [0.2, 0.25) is 0 Å². The summed E-state index contributed by atoms with van der Waals surface area (Å²) in [5.41, 5.74) is 3.84. The van der Waals surface area contributed by atoms with Gasteiger partial charge >= 0.3 is 5.97 Å². The van der Waals surface area contributed by atoms with E-state index in [4.69, 9.17) is 4.74 Å². The first-order chi connectivity index (χ1) is 10.6. The monoisotopic (exact) mass is 300 g/mol. The highest BCUT2D eigenvalue weighted by atomic mass is 16.5. The first kappa shape index (κ1) is 15.9. The van der Waals surface area contributed by atoms with Crippen molar-refractivity contribution in [2.24, 2.45) is 0 Å². The number of nitrogens with one attached hydrogen (secondary N) is 1. The molecular weight excluding hydrogens is 280 g/mol. The van der Waals surface area contributed by atoms with Crippen molar-refractivity contribution in [3.63, 3.8) is 0 Å². The van der Waals surface area contributed by atoms with Gasteiger partial charge in [-0.2, -0.15) is 5.10 Å². The summed E-state index contributed by atoms with van der Waals surface area (Å²) in [6, 6.07) is 9.23. The number of benzene rings is 1. The van der Waals surface area contributed by atoms with Gasteiger partial charge < -0.3 is 4.74 Å². The highest BCUT2D eigenvalue weighted by Crippen LogP contribution is 2.20. The van der Waals surface area contributed by atoms with Crippen molar-refractivity contribution in [2.75, 3.05) is 6.61 Å². The Labute approximate surface area is 129 Å². The molecule has 0 saturated carbocycles. The third-order valence-corrected chi connectivity index (χ3v) is 3.45. The number of aromatic amines is 1. The van der Waals surface area contributed by atoms with Crippen molar-refractivity contribution < 1.29 is 9.53 Å². The average molecular weight is 300 g/mol. The molecule has 2 rings (SSSR count). The standard InChI is InChI=1S/C17H20N2O3/c1-3-22-17(21)6-4-5-13-7-8-14(11-12(13)2)15-9-10-16(20)19-18-15/h7-11H,3-6H2,1-2H3,(H,19,20). The third-order valence-electron chi connectivity index (χ3n) is 3.45. The second-order valence-electron chi connectivity index (χ2n) is 5.11. The van der Waals surface area contributed by atoms with Gasteiger partial charge in [0, 0.05) is 18.1 Å². The Balaban J connectivity index is 2.02. The molecule has 22 heavy (non-hydrogen) atoms. The predicted octanol–water partition coefficient (Wildman–Crippen LogP) is 2.63. The van der Waals surface area contributed by atoms with Crippen LogP contribution in [0, 0.1) is 6.92 Å². The van der Waals surface area contributed by atoms with Crippen molar-refractivity contribution in [1.29, 1.82) is 0 Å². The van der Waals surface area contributed by atoms with E-state index in [0.29, 0.717) is 13.0 Å². The fourth-order valence-electron chi connectivity index (χ4n) is 2.30. The van der Waals surface area contributed by atoms with E-state index in [1.165, 1.54) is 11.6 Å². The Hall–Kier alpha value is -2.43. The van der Waals surface area contributed by atoms with Gasteiger partial charge in [0.15, 0.2) is 0 Å². The van der Waals surface area contributed by atoms with Crippen LogP contribution in [0.5, 0.6) is 0 Å². The summed E-state index contributed by atoms with van der Waals surface area (Å²) in [6.07, 6.45) is 2.05. The van der Waals surface area contributed by atoms with E-state index in [2.05, 4.69) is 10.2 Å². The van der Waals surface area contributed by atoms with E-state index >= 15 is 0 Å². The smallest absolute Gasteiger partial charge is 0.305 e. The molecule has 0 spiro atoms. The van der Waals surface area contributed by atoms with Gasteiger partial charge in [-0.15, -0.1) is 0 Å². The van der Waals surface area contributed by atoms with Gasteiger partial charge in [-0.3, -0.25) is 9.59 Å². The molecule has 0 amide bonds. The van der Waals surface area contributed by atoms with Gasteiger partial charge in [-0.05, 0) is 49.9 Å². The molecule has 5 nitrogen and oxygen atoms in total. The predicted molar refractivity (Wildman–Crippen MR) is 84.6 cm³/mol. The van der Waals surface area contributed by atoms with Crippen LogP contribution in [0.1, 0.15) is 30.9 Å². The molecule has 0 aliphatic carbocycles. The number of hydrogen-bond acceptors (Lipinski definition) is 4. The number of hydrogen-bond donors (Lipinski definition) is 1. The average Bonchev–Trinajstić information content (AvgIpc) is 2.50. The molecule has 0 unspecified atom stereocenters. The molecule has 0 atom stereocenters. The molecule has 1 N–H and O–H groups in total. The Morgan fingerprint density at radius 1 is 1.27 bits per heavy atom. The minimum atomic E-state index is -0.212. The van der Waals surface area contributed by atoms with Crippen molar-refractivity contribution >= 4 is 5.97 Å². The lowest BCUT2D eigenvalue weighted by molar-refractivity contribution is -0.143. The highest BCUT2D eigenvalue weighted by molar-refractivity contribution is 5.69. The SMILES string of the molecule is CCOC(=O)CCCc1ccc(-c2ccc(=O)[nH]n2)cc1C. The molecule has 0 aliphatic rings. The van der Waals surface area contributed by atoms with Crippen LogP contribution in [-0.2, 0) is 16.0 Å². The molecule has 1 aromatic heterocycles. The number of esters is 1. The van der Waals surface area contributed by atoms with E-state index in [1.54, 1.807) is 6.07 Å². The molecule has 0 saturated heterocycles. The summed E-state index contributed by atoms with van der Waals surface area (Å²) in [7, 11) is 0. The van der Waals surface area contributed by atoms with E-state index in [0.717, 1.165) is 29.7 Å². The van der Waals surface area contributed by atoms with E-state index in [1.807, 2.05) is 32.0 Å². The van der Waals surface area contributed by atoms with E-state index in [-0.39, 0.29) is 11.5 Å². The van der Waals surface area contributed by atoms with E-state index in [9.17, 15) is 9.59 Å². The molecule has 116 valence electrons. The summed E-state index contributed by atoms with van der Waals surface area (Å²) in [4.78, 5) is 22.4. The summed E-state index contributed by atoms with van der Waals surface area (Å²) in [6.45, 7) is 4.28. The Kier molecular flexibility index (Phi) is 5.47. The van der Waals surface area contributed by atoms with Crippen LogP contribution >= 0.6 is 0 Å². The molecule has 1 heterocycles. The van der Waals surface area contributed by atoms with Gasteiger partial charge in [0.1, 0.15) is 0 Å². The van der Waals surface area contributed by atoms with Crippen LogP contribution in [0.3, 0.4) is 0 Å². The molecule has 0 bridgehead atoms. The first-order valence-electron chi connectivity index (χ1n) is 7.41. The number of nitrogens with zero attached hydrogens (tertiary/aromatic N) is 1. The van der Waals surface area contributed by atoms with Crippen LogP contribution in [-0.4, -0.2) is 22.8 Å². The summed E-state index contributed by atoms with van der Waals surface area (Å²) in [5, 5.41) is 6.46. The molecule has 5 heteroatoms. The van der Waals surface area contributed by atoms with Gasteiger partial charge in [0.25, 0.3) is 5.56 Å². The number of carbonyl (C=O) groups excluding carboxylic acids is 1. The largest absolute Gasteiger partial charge is 0.466 e. The second-order valence-corrected chi connectivity index (χ2v) is 5.11. The number of aryl methyl sites for hydroxylation is 2. The quantitative estimate of drug-likeness (QED) is 0.832. The number of ether oxygens (including phenoxy) is 1. The first-order valence-corrected chi connectivity index (χ1v) is 7.41. The summed E-state index contributed by atoms with van der Waals surface area (Å²) >= 11 is 0. The lowest BCUT2D eigenvalue weighted by Gasteiger charge is -2.08. The van der Waals surface area contributed by atoms with Gasteiger partial charge in [-0.25, -0.2) is 5.10 Å². The molecule has 0 radical (unpaired) electrons. The van der Waals surface area contributed by atoms with Crippen LogP contribution in [0.25, 0.3) is 11.3 Å². The number of H-pyrrole nitrogens is 1. The lowest BCUT2D eigenvalue weighted by Crippen LogP contribution is -2.06. The maximum atomic E-state index is 11.3. The topological polar surface area (TPSA) is 72.1 Å². The van der Waals surface area contributed by atoms with Crippen LogP contribution < -0.4 is 5.56 Å². The zero-order chi connectivity index (χ0) is 15.9.